The first kappa shape index (κ1) is 15.6. The fourth-order valence-electron chi connectivity index (χ4n) is 1.71. The lowest BCUT2D eigenvalue weighted by molar-refractivity contribution is 0.549. The van der Waals surface area contributed by atoms with Gasteiger partial charge >= 0.3 is 0 Å². The first-order valence-electron chi connectivity index (χ1n) is 6.38. The minimum atomic E-state index is 0.492. The summed E-state index contributed by atoms with van der Waals surface area (Å²) in [5.41, 5.74) is 1.23. The molecule has 0 radical (unpaired) electrons. The van der Waals surface area contributed by atoms with Gasteiger partial charge in [-0.1, -0.05) is 30.2 Å². The molecule has 0 aromatic heterocycles. The number of halogens is 1. The highest BCUT2D eigenvalue weighted by Crippen LogP contribution is 2.23. The minimum Gasteiger partial charge on any atom is -0.313 e. The van der Waals surface area contributed by atoms with Gasteiger partial charge in [-0.2, -0.15) is 0 Å². The van der Waals surface area contributed by atoms with Crippen molar-refractivity contribution in [2.24, 2.45) is 0 Å². The minimum absolute atomic E-state index is 0.492. The van der Waals surface area contributed by atoms with E-state index in [1.165, 1.54) is 10.5 Å². The van der Waals surface area contributed by atoms with Crippen LogP contribution >= 0.6 is 23.4 Å². The Hall–Kier alpha value is -0.440. The summed E-state index contributed by atoms with van der Waals surface area (Å²) in [4.78, 5) is 1.23. The lowest BCUT2D eigenvalue weighted by Gasteiger charge is -2.18. The van der Waals surface area contributed by atoms with Gasteiger partial charge in [0.25, 0.3) is 0 Å². The van der Waals surface area contributed by atoms with E-state index in [2.05, 4.69) is 31.8 Å². The van der Waals surface area contributed by atoms with Gasteiger partial charge in [0.1, 0.15) is 0 Å². The third-order valence-electron chi connectivity index (χ3n) is 2.53. The molecule has 1 aromatic rings. The predicted molar refractivity (Wildman–Crippen MR) is 83.7 cm³/mol. The standard InChI is InChI=1S/C15H22ClNS/c1-4-8-17-14(9-12(2)3)11-18-15-7-5-6-13(16)10-15/h5-7,10,14,17H,2,4,8-9,11H2,1,3H3. The van der Waals surface area contributed by atoms with Crippen LogP contribution in [0.4, 0.5) is 0 Å². The maximum Gasteiger partial charge on any atom is 0.0417 e. The van der Waals surface area contributed by atoms with Crippen molar-refractivity contribution in [2.75, 3.05) is 12.3 Å². The maximum atomic E-state index is 5.99. The summed E-state index contributed by atoms with van der Waals surface area (Å²) in [6.45, 7) is 9.34. The number of hydrogen-bond donors (Lipinski definition) is 1. The van der Waals surface area contributed by atoms with Crippen molar-refractivity contribution < 1.29 is 0 Å². The first-order chi connectivity index (χ1) is 8.61. The van der Waals surface area contributed by atoms with Crippen LogP contribution < -0.4 is 5.32 Å². The van der Waals surface area contributed by atoms with E-state index >= 15 is 0 Å². The molecule has 1 aromatic carbocycles. The zero-order valence-electron chi connectivity index (χ0n) is 11.2. The van der Waals surface area contributed by atoms with E-state index < -0.39 is 0 Å². The molecule has 18 heavy (non-hydrogen) atoms. The van der Waals surface area contributed by atoms with Gasteiger partial charge < -0.3 is 5.32 Å². The van der Waals surface area contributed by atoms with Crippen molar-refractivity contribution in [2.45, 2.75) is 37.6 Å². The molecular formula is C15H22ClNS. The van der Waals surface area contributed by atoms with Crippen molar-refractivity contribution in [1.29, 1.82) is 0 Å². The molecule has 1 nitrogen and oxygen atoms in total. The molecule has 1 atom stereocenters. The molecule has 3 heteroatoms. The van der Waals surface area contributed by atoms with Gasteiger partial charge in [0.15, 0.2) is 0 Å². The summed E-state index contributed by atoms with van der Waals surface area (Å²) in [5, 5.41) is 4.37. The second kappa shape index (κ2) is 8.63. The zero-order valence-corrected chi connectivity index (χ0v) is 12.8. The van der Waals surface area contributed by atoms with Crippen LogP contribution in [-0.2, 0) is 0 Å². The summed E-state index contributed by atoms with van der Waals surface area (Å²) < 4.78 is 0. The van der Waals surface area contributed by atoms with E-state index in [0.717, 1.165) is 30.2 Å². The largest absolute Gasteiger partial charge is 0.313 e. The smallest absolute Gasteiger partial charge is 0.0417 e. The van der Waals surface area contributed by atoms with Crippen molar-refractivity contribution in [3.8, 4) is 0 Å². The molecular weight excluding hydrogens is 262 g/mol. The Morgan fingerprint density at radius 2 is 2.28 bits per heavy atom. The van der Waals surface area contributed by atoms with Crippen LogP contribution in [0.15, 0.2) is 41.3 Å². The summed E-state index contributed by atoms with van der Waals surface area (Å²) >= 11 is 7.83. The van der Waals surface area contributed by atoms with Crippen LogP contribution in [0, 0.1) is 0 Å². The van der Waals surface area contributed by atoms with Crippen molar-refractivity contribution in [3.63, 3.8) is 0 Å². The molecule has 0 fully saturated rings. The van der Waals surface area contributed by atoms with Crippen LogP contribution in [0.3, 0.4) is 0 Å². The normalized spacial score (nSPS) is 12.4. The van der Waals surface area contributed by atoms with Gasteiger partial charge in [0, 0.05) is 21.7 Å². The van der Waals surface area contributed by atoms with Gasteiger partial charge in [0.2, 0.25) is 0 Å². The molecule has 0 aliphatic rings. The van der Waals surface area contributed by atoms with E-state index in [0.29, 0.717) is 6.04 Å². The van der Waals surface area contributed by atoms with Crippen molar-refractivity contribution in [1.82, 2.24) is 5.32 Å². The lowest BCUT2D eigenvalue weighted by atomic mass is 10.1. The van der Waals surface area contributed by atoms with Crippen LogP contribution in [0.25, 0.3) is 0 Å². The molecule has 0 bridgehead atoms. The van der Waals surface area contributed by atoms with Gasteiger partial charge in [-0.05, 0) is 44.5 Å². The van der Waals surface area contributed by atoms with Crippen LogP contribution in [0.5, 0.6) is 0 Å². The zero-order chi connectivity index (χ0) is 13.4. The Morgan fingerprint density at radius 1 is 1.50 bits per heavy atom. The number of rotatable bonds is 8. The van der Waals surface area contributed by atoms with Crippen molar-refractivity contribution in [3.05, 3.63) is 41.4 Å². The Kier molecular flexibility index (Phi) is 7.48. The highest BCUT2D eigenvalue weighted by molar-refractivity contribution is 7.99. The van der Waals surface area contributed by atoms with Crippen LogP contribution in [0.2, 0.25) is 5.02 Å². The molecule has 0 heterocycles. The van der Waals surface area contributed by atoms with Gasteiger partial charge in [0.05, 0.1) is 0 Å². The SMILES string of the molecule is C=C(C)CC(CSc1cccc(Cl)c1)NCCC. The van der Waals surface area contributed by atoms with Crippen molar-refractivity contribution >= 4 is 23.4 Å². The third kappa shape index (κ3) is 6.48. The maximum absolute atomic E-state index is 5.99. The van der Waals surface area contributed by atoms with E-state index in [1.807, 2.05) is 30.0 Å². The lowest BCUT2D eigenvalue weighted by Crippen LogP contribution is -2.32. The average molecular weight is 284 g/mol. The van der Waals surface area contributed by atoms with E-state index in [1.54, 1.807) is 0 Å². The highest BCUT2D eigenvalue weighted by atomic mass is 35.5. The Morgan fingerprint density at radius 3 is 2.89 bits per heavy atom. The fraction of sp³-hybridized carbons (Fsp3) is 0.467. The Balaban J connectivity index is 2.47. The molecule has 0 saturated heterocycles. The number of benzene rings is 1. The second-order valence-corrected chi connectivity index (χ2v) is 6.11. The number of hydrogen-bond acceptors (Lipinski definition) is 2. The van der Waals surface area contributed by atoms with Gasteiger partial charge in [-0.3, -0.25) is 0 Å². The summed E-state index contributed by atoms with van der Waals surface area (Å²) in [6.07, 6.45) is 2.20. The van der Waals surface area contributed by atoms with Gasteiger partial charge in [-0.15, -0.1) is 18.3 Å². The summed E-state index contributed by atoms with van der Waals surface area (Å²) in [5.74, 6) is 1.05. The Labute approximate surface area is 120 Å². The molecule has 0 aliphatic heterocycles. The summed E-state index contributed by atoms with van der Waals surface area (Å²) in [6, 6.07) is 8.52. The molecule has 1 N–H and O–H groups in total. The molecule has 100 valence electrons. The molecule has 0 spiro atoms. The molecule has 1 rings (SSSR count). The average Bonchev–Trinajstić information content (AvgIpc) is 2.32. The molecule has 1 unspecified atom stereocenters. The number of thioether (sulfide) groups is 1. The van der Waals surface area contributed by atoms with E-state index in [-0.39, 0.29) is 0 Å². The Bertz CT molecular complexity index is 379. The second-order valence-electron chi connectivity index (χ2n) is 4.58. The first-order valence-corrected chi connectivity index (χ1v) is 7.74. The third-order valence-corrected chi connectivity index (χ3v) is 3.92. The summed E-state index contributed by atoms with van der Waals surface area (Å²) in [7, 11) is 0. The molecule has 0 amide bonds. The quantitative estimate of drug-likeness (QED) is 0.545. The topological polar surface area (TPSA) is 12.0 Å². The van der Waals surface area contributed by atoms with E-state index in [4.69, 9.17) is 11.6 Å². The predicted octanol–water partition coefficient (Wildman–Crippen LogP) is 4.77. The van der Waals surface area contributed by atoms with Crippen LogP contribution in [-0.4, -0.2) is 18.3 Å². The highest BCUT2D eigenvalue weighted by Gasteiger charge is 2.08. The number of nitrogens with one attached hydrogen (secondary N) is 1. The van der Waals surface area contributed by atoms with Gasteiger partial charge in [-0.25, -0.2) is 0 Å². The van der Waals surface area contributed by atoms with E-state index in [9.17, 15) is 0 Å². The monoisotopic (exact) mass is 283 g/mol. The fourth-order valence-corrected chi connectivity index (χ4v) is 2.98. The van der Waals surface area contributed by atoms with Crippen LogP contribution in [0.1, 0.15) is 26.7 Å². The molecule has 0 aliphatic carbocycles. The molecule has 0 saturated carbocycles.